The van der Waals surface area contributed by atoms with Gasteiger partial charge in [0.2, 0.25) is 5.91 Å². The molecule has 0 fully saturated rings. The number of benzene rings is 2. The fourth-order valence-corrected chi connectivity index (χ4v) is 2.12. The van der Waals surface area contributed by atoms with E-state index in [1.165, 1.54) is 5.56 Å². The van der Waals surface area contributed by atoms with E-state index in [1.54, 1.807) is 25.3 Å². The molecule has 0 radical (unpaired) electrons. The molecule has 110 valence electrons. The number of carbonyl (C=O) groups excluding carboxylic acids is 1. The topological polar surface area (TPSA) is 64.3 Å². The van der Waals surface area contributed by atoms with E-state index in [0.717, 1.165) is 12.8 Å². The number of carbonyl (C=O) groups is 1. The third kappa shape index (κ3) is 4.53. The molecule has 2 aromatic carbocycles. The number of rotatable bonds is 6. The van der Waals surface area contributed by atoms with Gasteiger partial charge in [-0.25, -0.2) is 0 Å². The molecule has 2 rings (SSSR count). The molecule has 0 unspecified atom stereocenters. The first-order valence-corrected chi connectivity index (χ1v) is 6.96. The molecule has 0 saturated carbocycles. The third-order valence-corrected chi connectivity index (χ3v) is 3.21. The number of nitrogen functional groups attached to an aromatic ring is 1. The molecular weight excluding hydrogens is 264 g/mol. The van der Waals surface area contributed by atoms with Gasteiger partial charge in [0.15, 0.2) is 0 Å². The van der Waals surface area contributed by atoms with Crippen molar-refractivity contribution in [2.45, 2.75) is 19.3 Å². The Morgan fingerprint density at radius 3 is 2.67 bits per heavy atom. The van der Waals surface area contributed by atoms with Crippen LogP contribution in [0.1, 0.15) is 18.4 Å². The van der Waals surface area contributed by atoms with Crippen molar-refractivity contribution in [1.29, 1.82) is 0 Å². The van der Waals surface area contributed by atoms with Gasteiger partial charge in [0.05, 0.1) is 12.8 Å². The van der Waals surface area contributed by atoms with Crippen LogP contribution in [0.15, 0.2) is 48.5 Å². The zero-order valence-corrected chi connectivity index (χ0v) is 12.1. The highest BCUT2D eigenvalue weighted by molar-refractivity contribution is 5.92. The average Bonchev–Trinajstić information content (AvgIpc) is 2.50. The van der Waals surface area contributed by atoms with Crippen LogP contribution < -0.4 is 15.8 Å². The number of nitrogens with one attached hydrogen (secondary N) is 1. The minimum Gasteiger partial charge on any atom is -0.494 e. The lowest BCUT2D eigenvalue weighted by molar-refractivity contribution is -0.116. The molecule has 4 heteroatoms. The number of hydrogen-bond donors (Lipinski definition) is 2. The van der Waals surface area contributed by atoms with Crippen LogP contribution in [0.25, 0.3) is 0 Å². The quantitative estimate of drug-likeness (QED) is 0.800. The van der Waals surface area contributed by atoms with E-state index < -0.39 is 0 Å². The van der Waals surface area contributed by atoms with Crippen LogP contribution in [0.3, 0.4) is 0 Å². The normalized spacial score (nSPS) is 10.1. The maximum atomic E-state index is 12.0. The number of anilines is 2. The lowest BCUT2D eigenvalue weighted by Gasteiger charge is -2.10. The summed E-state index contributed by atoms with van der Waals surface area (Å²) in [6, 6.07) is 15.3. The second kappa shape index (κ2) is 7.33. The first kappa shape index (κ1) is 14.9. The molecule has 1 amide bonds. The smallest absolute Gasteiger partial charge is 0.224 e. The van der Waals surface area contributed by atoms with E-state index in [1.807, 2.05) is 18.2 Å². The Bertz CT molecular complexity index is 597. The third-order valence-electron chi connectivity index (χ3n) is 3.21. The fraction of sp³-hybridized carbons (Fsp3) is 0.235. The van der Waals surface area contributed by atoms with Crippen LogP contribution in [-0.4, -0.2) is 13.0 Å². The molecule has 21 heavy (non-hydrogen) atoms. The highest BCUT2D eigenvalue weighted by Gasteiger charge is 2.07. The first-order chi connectivity index (χ1) is 10.2. The monoisotopic (exact) mass is 284 g/mol. The predicted octanol–water partition coefficient (Wildman–Crippen LogP) is 3.24. The lowest BCUT2D eigenvalue weighted by Crippen LogP contribution is -2.12. The molecule has 0 heterocycles. The Hall–Kier alpha value is -2.49. The predicted molar refractivity (Wildman–Crippen MR) is 85.4 cm³/mol. The molecule has 2 aromatic rings. The number of aryl methyl sites for hydroxylation is 1. The molecule has 0 aliphatic carbocycles. The van der Waals surface area contributed by atoms with Gasteiger partial charge in [0.1, 0.15) is 5.75 Å². The summed E-state index contributed by atoms with van der Waals surface area (Å²) in [7, 11) is 1.56. The van der Waals surface area contributed by atoms with Crippen LogP contribution in [-0.2, 0) is 11.2 Å². The van der Waals surface area contributed by atoms with E-state index in [4.69, 9.17) is 10.5 Å². The largest absolute Gasteiger partial charge is 0.494 e. The van der Waals surface area contributed by atoms with E-state index in [-0.39, 0.29) is 5.91 Å². The van der Waals surface area contributed by atoms with Gasteiger partial charge in [-0.15, -0.1) is 0 Å². The van der Waals surface area contributed by atoms with E-state index in [2.05, 4.69) is 17.4 Å². The Kier molecular flexibility index (Phi) is 5.21. The summed E-state index contributed by atoms with van der Waals surface area (Å²) in [5.74, 6) is 0.556. The summed E-state index contributed by atoms with van der Waals surface area (Å²) in [5.41, 5.74) is 8.19. The van der Waals surface area contributed by atoms with Crippen molar-refractivity contribution in [3.05, 3.63) is 54.1 Å². The average molecular weight is 284 g/mol. The van der Waals surface area contributed by atoms with Crippen molar-refractivity contribution in [2.75, 3.05) is 18.2 Å². The van der Waals surface area contributed by atoms with Crippen molar-refractivity contribution >= 4 is 17.3 Å². The Labute approximate surface area is 124 Å². The number of hydrogen-bond acceptors (Lipinski definition) is 3. The van der Waals surface area contributed by atoms with Crippen molar-refractivity contribution in [3.8, 4) is 5.75 Å². The fourth-order valence-electron chi connectivity index (χ4n) is 2.12. The minimum absolute atomic E-state index is 0.0194. The minimum atomic E-state index is -0.0194. The summed E-state index contributed by atoms with van der Waals surface area (Å²) in [5, 5.41) is 2.86. The molecular formula is C17H20N2O2. The maximum absolute atomic E-state index is 12.0. The van der Waals surface area contributed by atoms with Crippen LogP contribution in [0, 0.1) is 0 Å². The van der Waals surface area contributed by atoms with Gasteiger partial charge in [-0.05, 0) is 30.5 Å². The molecule has 0 saturated heterocycles. The van der Waals surface area contributed by atoms with Gasteiger partial charge in [0.25, 0.3) is 0 Å². The summed E-state index contributed by atoms with van der Waals surface area (Å²) in [4.78, 5) is 12.0. The molecule has 0 atom stereocenters. The Balaban J connectivity index is 1.85. The number of amides is 1. The van der Waals surface area contributed by atoms with Gasteiger partial charge < -0.3 is 15.8 Å². The maximum Gasteiger partial charge on any atom is 0.224 e. The second-order valence-electron chi connectivity index (χ2n) is 4.85. The summed E-state index contributed by atoms with van der Waals surface area (Å²) in [6.45, 7) is 0. The standard InChI is InChI=1S/C17H20N2O2/c1-21-16-12-14(18)10-11-15(16)19-17(20)9-5-8-13-6-3-2-4-7-13/h2-4,6-7,10-12H,5,8-9,18H2,1H3,(H,19,20). The van der Waals surface area contributed by atoms with Crippen molar-refractivity contribution in [1.82, 2.24) is 0 Å². The first-order valence-electron chi connectivity index (χ1n) is 6.96. The van der Waals surface area contributed by atoms with E-state index in [9.17, 15) is 4.79 Å². The van der Waals surface area contributed by atoms with Gasteiger partial charge in [-0.1, -0.05) is 30.3 Å². The van der Waals surface area contributed by atoms with Gasteiger partial charge in [-0.2, -0.15) is 0 Å². The highest BCUT2D eigenvalue weighted by Crippen LogP contribution is 2.26. The Morgan fingerprint density at radius 1 is 1.19 bits per heavy atom. The van der Waals surface area contributed by atoms with Crippen LogP contribution in [0.2, 0.25) is 0 Å². The zero-order chi connectivity index (χ0) is 15.1. The highest BCUT2D eigenvalue weighted by atomic mass is 16.5. The summed E-state index contributed by atoms with van der Waals surface area (Å²) < 4.78 is 5.21. The lowest BCUT2D eigenvalue weighted by atomic mass is 10.1. The van der Waals surface area contributed by atoms with Crippen molar-refractivity contribution in [3.63, 3.8) is 0 Å². The molecule has 0 spiro atoms. The summed E-state index contributed by atoms with van der Waals surface area (Å²) in [6.07, 6.45) is 2.18. The van der Waals surface area contributed by atoms with Crippen LogP contribution in [0.4, 0.5) is 11.4 Å². The van der Waals surface area contributed by atoms with Crippen LogP contribution >= 0.6 is 0 Å². The molecule has 0 aliphatic heterocycles. The molecule has 4 nitrogen and oxygen atoms in total. The van der Waals surface area contributed by atoms with Gasteiger partial charge >= 0.3 is 0 Å². The molecule has 0 aromatic heterocycles. The van der Waals surface area contributed by atoms with Crippen molar-refractivity contribution < 1.29 is 9.53 Å². The van der Waals surface area contributed by atoms with Gasteiger partial charge in [0, 0.05) is 18.2 Å². The van der Waals surface area contributed by atoms with Gasteiger partial charge in [-0.3, -0.25) is 4.79 Å². The van der Waals surface area contributed by atoms with E-state index in [0.29, 0.717) is 23.5 Å². The zero-order valence-electron chi connectivity index (χ0n) is 12.1. The van der Waals surface area contributed by atoms with Crippen molar-refractivity contribution in [2.24, 2.45) is 0 Å². The number of ether oxygens (including phenoxy) is 1. The van der Waals surface area contributed by atoms with E-state index >= 15 is 0 Å². The number of nitrogens with two attached hydrogens (primary N) is 1. The summed E-state index contributed by atoms with van der Waals surface area (Å²) >= 11 is 0. The molecule has 0 aliphatic rings. The SMILES string of the molecule is COc1cc(N)ccc1NC(=O)CCCc1ccccc1. The molecule has 3 N–H and O–H groups in total. The van der Waals surface area contributed by atoms with Crippen LogP contribution in [0.5, 0.6) is 5.75 Å². The number of methoxy groups -OCH3 is 1. The Morgan fingerprint density at radius 2 is 1.95 bits per heavy atom. The second-order valence-corrected chi connectivity index (χ2v) is 4.85. The molecule has 0 bridgehead atoms.